The van der Waals surface area contributed by atoms with Crippen LogP contribution in [-0.2, 0) is 37.3 Å². The lowest BCUT2D eigenvalue weighted by Gasteiger charge is -2.15. The van der Waals surface area contributed by atoms with Crippen molar-refractivity contribution in [2.75, 3.05) is 11.4 Å². The molecule has 0 unspecified atom stereocenters. The van der Waals surface area contributed by atoms with Crippen molar-refractivity contribution in [3.05, 3.63) is 430 Å². The Labute approximate surface area is 724 Å². The van der Waals surface area contributed by atoms with Crippen LogP contribution in [0.4, 0.5) is 5.69 Å². The molecule has 0 atom stereocenters. The van der Waals surface area contributed by atoms with Crippen molar-refractivity contribution in [2.45, 2.75) is 39.4 Å². The maximum atomic E-state index is 12.6. The van der Waals surface area contributed by atoms with Crippen molar-refractivity contribution in [1.29, 1.82) is 5.26 Å². The van der Waals surface area contributed by atoms with Crippen molar-refractivity contribution in [3.8, 4) is 35.0 Å². The first-order valence-electron chi connectivity index (χ1n) is 40.6. The van der Waals surface area contributed by atoms with Gasteiger partial charge in [0.25, 0.3) is 17.6 Å². The minimum Gasteiger partial charge on any atom is -0.452 e. The summed E-state index contributed by atoms with van der Waals surface area (Å²) >= 11 is 1.59. The minimum atomic E-state index is -0.579. The summed E-state index contributed by atoms with van der Waals surface area (Å²) in [5.74, 6) is 3.41. The number of esters is 1. The lowest BCUT2D eigenvalue weighted by Crippen LogP contribution is -2.28. The SMILES string of the molecule is CC(=O)Oc1ccc2nc(-c3cc4ccccc4o3)oc(=O)c2c1.N#Cc1nc2ccccc2n1Cc1ccccc1.O=C(c1cc2ccccc2o1)N1CCc2ccccc21.O=C(c1cc2ccccc2o1)c1cc2ccccc2o1.c1ccc(Cn2c(-c3cscn3)nc3ccccc32)cc1.c1ccc(Cn2c(Cc3ccccn3)nc3ccccc32)cc1. The lowest BCUT2D eigenvalue weighted by atomic mass is 10.2. The molecule has 1 aliphatic rings. The van der Waals surface area contributed by atoms with Crippen molar-refractivity contribution < 1.29 is 41.2 Å². The molecular weight excluding hydrogens is 1600 g/mol. The summed E-state index contributed by atoms with van der Waals surface area (Å²) < 4.78 is 39.2. The van der Waals surface area contributed by atoms with E-state index >= 15 is 0 Å². The quantitative estimate of drug-likeness (QED) is 0.0556. The maximum absolute atomic E-state index is 12.6. The van der Waals surface area contributed by atoms with Gasteiger partial charge in [-0.25, -0.2) is 29.7 Å². The van der Waals surface area contributed by atoms with Gasteiger partial charge in [-0.3, -0.25) is 19.4 Å². The number of furan rings is 4. The topological polar surface area (TPSA) is 262 Å². The van der Waals surface area contributed by atoms with Gasteiger partial charge >= 0.3 is 11.6 Å². The Balaban J connectivity index is 0.000000103. The summed E-state index contributed by atoms with van der Waals surface area (Å²) in [5.41, 5.74) is 18.7. The first-order chi connectivity index (χ1) is 61.9. The molecule has 126 heavy (non-hydrogen) atoms. The predicted octanol–water partition coefficient (Wildman–Crippen LogP) is 22.8. The van der Waals surface area contributed by atoms with Gasteiger partial charge in [0.2, 0.25) is 5.82 Å². The Morgan fingerprint density at radius 1 is 0.452 bits per heavy atom. The third kappa shape index (κ3) is 18.1. The van der Waals surface area contributed by atoms with Gasteiger partial charge in [-0.05, 0) is 150 Å². The van der Waals surface area contributed by atoms with Gasteiger partial charge in [-0.2, -0.15) is 5.26 Å². The molecule has 1 amide bonds. The zero-order valence-electron chi connectivity index (χ0n) is 67.8. The molecule has 0 saturated carbocycles. The van der Waals surface area contributed by atoms with Gasteiger partial charge in [-0.1, -0.05) is 224 Å². The second-order valence-corrected chi connectivity index (χ2v) is 30.1. The molecule has 22 aromatic rings. The zero-order chi connectivity index (χ0) is 85.7. The molecule has 612 valence electrons. The Morgan fingerprint density at radius 2 is 0.944 bits per heavy atom. The van der Waals surface area contributed by atoms with E-state index in [0.717, 1.165) is 121 Å². The van der Waals surface area contributed by atoms with Gasteiger partial charge < -0.3 is 45.4 Å². The summed E-state index contributed by atoms with van der Waals surface area (Å²) in [7, 11) is 0. The Morgan fingerprint density at radius 3 is 1.51 bits per heavy atom. The number of amides is 1. The lowest BCUT2D eigenvalue weighted by molar-refractivity contribution is -0.131. The smallest absolute Gasteiger partial charge is 0.347 e. The third-order valence-corrected chi connectivity index (χ3v) is 21.6. The fourth-order valence-corrected chi connectivity index (χ4v) is 15.6. The van der Waals surface area contributed by atoms with E-state index in [4.69, 9.17) is 42.1 Å². The number of hydrogen-bond acceptors (Lipinski definition) is 18. The molecule has 0 aliphatic carbocycles. The molecular formula is C104H75N11O10S. The Bertz CT molecular complexity index is 7530. The van der Waals surface area contributed by atoms with Crippen molar-refractivity contribution >= 4 is 123 Å². The number of benzene rings is 12. The normalized spacial score (nSPS) is 11.4. The average Bonchev–Trinajstić information content (AvgIpc) is 1.62. The zero-order valence-corrected chi connectivity index (χ0v) is 68.6. The number of fused-ring (bicyclic) bond motifs is 9. The van der Waals surface area contributed by atoms with Crippen LogP contribution in [0.15, 0.2) is 390 Å². The molecule has 1 aliphatic heterocycles. The van der Waals surface area contributed by atoms with Crippen molar-refractivity contribution in [1.82, 2.24) is 43.6 Å². The molecule has 21 nitrogen and oxygen atoms in total. The van der Waals surface area contributed by atoms with Gasteiger partial charge in [-0.15, -0.1) is 11.3 Å². The fourth-order valence-electron chi connectivity index (χ4n) is 15.0. The van der Waals surface area contributed by atoms with E-state index in [1.54, 1.807) is 46.6 Å². The van der Waals surface area contributed by atoms with E-state index in [-0.39, 0.29) is 28.7 Å². The van der Waals surface area contributed by atoms with Crippen LogP contribution in [0.5, 0.6) is 5.75 Å². The minimum absolute atomic E-state index is 0.0637. The number of ketones is 1. The Kier molecular flexibility index (Phi) is 23.6. The largest absolute Gasteiger partial charge is 0.452 e. The van der Waals surface area contributed by atoms with Gasteiger partial charge in [0, 0.05) is 77.5 Å². The molecule has 0 radical (unpaired) electrons. The molecule has 0 spiro atoms. The van der Waals surface area contributed by atoms with E-state index in [1.165, 1.54) is 35.2 Å². The number of imidazole rings is 3. The highest BCUT2D eigenvalue weighted by Gasteiger charge is 2.28. The number of ether oxygens (including phenoxy) is 1. The standard InChI is InChI=1S/C20H17N3.C18H11NO5.C17H13N3S.C17H13NO2.C17H10O3.C15H11N3/c1-2-8-16(9-3-1)15-23-19-12-5-4-11-18(19)22-20(23)14-17-10-6-7-13-21-17;1-10(20)22-12-6-7-14-13(9-12)18(21)24-17(19-14)16-8-11-4-2-3-5-15(11)23-16;1-2-6-13(7-3-1)10-20-16-9-5-4-8-14(16)19-17(20)15-11-21-12-18-15;19-17(16-11-13-6-2-4-8-15(13)20-16)18-10-9-12-5-1-3-7-14(12)18;18-17(15-9-11-5-1-3-7-13(11)19-15)16-10-12-6-2-4-8-14(12)20-16;16-10-15-17-13-8-4-5-9-14(13)18(15)11-12-6-2-1-3-7-12/h1-13H,14-15H2;2-9H,1H3;1-9,11-12H,10H2;1-8,11H,9-10H2;1-10H;1-9H,11H2. The molecule has 0 N–H and O–H groups in total. The van der Waals surface area contributed by atoms with E-state index < -0.39 is 11.6 Å². The number of nitriles is 1. The summed E-state index contributed by atoms with van der Waals surface area (Å²) in [6.07, 6.45) is 3.48. The number of nitrogens with zero attached hydrogens (tertiary/aromatic N) is 11. The van der Waals surface area contributed by atoms with E-state index in [2.05, 4.69) is 132 Å². The summed E-state index contributed by atoms with van der Waals surface area (Å²) in [6, 6.07) is 113. The van der Waals surface area contributed by atoms with Crippen LogP contribution in [0.2, 0.25) is 0 Å². The molecule has 11 heterocycles. The van der Waals surface area contributed by atoms with Crippen LogP contribution in [-0.4, -0.2) is 67.8 Å². The Hall–Kier alpha value is -16.8. The number of thiazole rings is 1. The second-order valence-electron chi connectivity index (χ2n) is 29.4. The molecule has 23 rings (SSSR count). The average molecular weight is 1670 g/mol. The van der Waals surface area contributed by atoms with Gasteiger partial charge in [0.05, 0.1) is 56.1 Å². The number of aromatic nitrogens is 9. The van der Waals surface area contributed by atoms with Crippen molar-refractivity contribution in [2.24, 2.45) is 0 Å². The van der Waals surface area contributed by atoms with Crippen LogP contribution < -0.4 is 15.3 Å². The molecule has 22 heteroatoms. The number of hydrogen-bond donors (Lipinski definition) is 0. The van der Waals surface area contributed by atoms with Crippen LogP contribution in [0, 0.1) is 11.3 Å². The van der Waals surface area contributed by atoms with Crippen LogP contribution >= 0.6 is 11.3 Å². The summed E-state index contributed by atoms with van der Waals surface area (Å²) in [6.45, 7) is 4.30. The molecule has 12 aromatic carbocycles. The second kappa shape index (κ2) is 37.1. The molecule has 0 bridgehead atoms. The maximum Gasteiger partial charge on any atom is 0.347 e. The molecule has 0 fully saturated rings. The number of anilines is 1. The number of carbonyl (C=O) groups excluding carboxylic acids is 3. The summed E-state index contributed by atoms with van der Waals surface area (Å²) in [5, 5.41) is 15.1. The first-order valence-corrected chi connectivity index (χ1v) is 41.6. The van der Waals surface area contributed by atoms with Gasteiger partial charge in [0.15, 0.2) is 28.9 Å². The number of carbonyl (C=O) groups is 3. The molecule has 10 aromatic heterocycles. The first kappa shape index (κ1) is 80.3. The van der Waals surface area contributed by atoms with E-state index in [1.807, 2.05) is 234 Å². The van der Waals surface area contributed by atoms with Gasteiger partial charge in [0.1, 0.15) is 45.7 Å². The number of rotatable bonds is 14. The molecule has 0 saturated heterocycles. The highest BCUT2D eigenvalue weighted by molar-refractivity contribution is 7.07. The van der Waals surface area contributed by atoms with Crippen LogP contribution in [0.3, 0.4) is 0 Å². The van der Waals surface area contributed by atoms with Crippen LogP contribution in [0.25, 0.3) is 111 Å². The highest BCUT2D eigenvalue weighted by atomic mass is 32.1. The monoisotopic (exact) mass is 1670 g/mol. The summed E-state index contributed by atoms with van der Waals surface area (Å²) in [4.78, 5) is 77.1. The van der Waals surface area contributed by atoms with E-state index in [0.29, 0.717) is 57.7 Å². The number of para-hydroxylation sites is 11. The third-order valence-electron chi connectivity index (χ3n) is 21.0. The van der Waals surface area contributed by atoms with Crippen LogP contribution in [0.1, 0.15) is 73.4 Å². The van der Waals surface area contributed by atoms with E-state index in [9.17, 15) is 19.2 Å². The van der Waals surface area contributed by atoms with Crippen molar-refractivity contribution in [3.63, 3.8) is 0 Å². The fraction of sp³-hybridized carbons (Fsp3) is 0.0673. The number of pyridine rings is 1. The highest BCUT2D eigenvalue weighted by Crippen LogP contribution is 2.34. The predicted molar refractivity (Wildman–Crippen MR) is 489 cm³/mol.